The number of pyridine rings is 2. The van der Waals surface area contributed by atoms with Crippen LogP contribution in [0.1, 0.15) is 66.0 Å². The second-order valence-electron chi connectivity index (χ2n) is 17.0. The number of oxazole rings is 1. The summed E-state index contributed by atoms with van der Waals surface area (Å²) in [4.78, 5) is 31.1. The van der Waals surface area contributed by atoms with Gasteiger partial charge in [-0.05, 0) is 110 Å². The van der Waals surface area contributed by atoms with Crippen molar-refractivity contribution in [2.75, 3.05) is 31.5 Å². The van der Waals surface area contributed by atoms with E-state index in [4.69, 9.17) is 21.0 Å². The first kappa shape index (κ1) is 40.9. The van der Waals surface area contributed by atoms with Crippen LogP contribution in [0.4, 0.5) is 24.7 Å². The number of hydrogen-bond acceptors (Lipinski definition) is 11. The van der Waals surface area contributed by atoms with Crippen molar-refractivity contribution in [3.8, 4) is 22.6 Å². The van der Waals surface area contributed by atoms with Crippen molar-refractivity contribution in [3.05, 3.63) is 99.8 Å². The number of nitrogens with one attached hydrogen (secondary N) is 2. The van der Waals surface area contributed by atoms with Gasteiger partial charge < -0.3 is 14.8 Å². The summed E-state index contributed by atoms with van der Waals surface area (Å²) in [6.45, 7) is 4.80. The maximum absolute atomic E-state index is 15.0. The van der Waals surface area contributed by atoms with E-state index in [1.807, 2.05) is 48.4 Å². The third-order valence-corrected chi connectivity index (χ3v) is 15.0. The summed E-state index contributed by atoms with van der Waals surface area (Å²) in [6.07, 6.45) is 1.30. The molecule has 3 N–H and O–H groups in total. The summed E-state index contributed by atoms with van der Waals surface area (Å²) < 4.78 is 78.1. The number of amides is 1. The molecule has 0 spiro atoms. The van der Waals surface area contributed by atoms with Gasteiger partial charge in [-0.15, -0.1) is 0 Å². The lowest BCUT2D eigenvalue weighted by Crippen LogP contribution is -2.38. The number of anilines is 2. The molecule has 5 heterocycles. The van der Waals surface area contributed by atoms with Crippen LogP contribution in [0.2, 0.25) is 5.02 Å². The Bertz CT molecular complexity index is 2890. The third-order valence-electron chi connectivity index (χ3n) is 12.8. The highest BCUT2D eigenvalue weighted by atomic mass is 35.5. The number of alkyl halides is 3. The number of rotatable bonds is 10. The molecular formula is C45H43ClF3N7O5S. The van der Waals surface area contributed by atoms with Crippen LogP contribution in [0.15, 0.2) is 71.4 Å². The van der Waals surface area contributed by atoms with E-state index in [-0.39, 0.29) is 46.6 Å². The quantitative estimate of drug-likeness (QED) is 0.122. The van der Waals surface area contributed by atoms with Crippen LogP contribution in [0.3, 0.4) is 0 Å². The van der Waals surface area contributed by atoms with Gasteiger partial charge in [0.1, 0.15) is 16.6 Å². The molecule has 0 unspecified atom stereocenters. The van der Waals surface area contributed by atoms with E-state index in [0.717, 1.165) is 40.7 Å². The molecule has 2 saturated heterocycles. The zero-order valence-electron chi connectivity index (χ0n) is 33.7. The monoisotopic (exact) mass is 885 g/mol. The molecule has 0 radical (unpaired) electrons. The number of halogens is 4. The Labute approximate surface area is 360 Å². The number of fused-ring (bicyclic) bond motifs is 3. The number of aromatic nitrogens is 3. The molecule has 10 rings (SSSR count). The van der Waals surface area contributed by atoms with Gasteiger partial charge in [-0.1, -0.05) is 35.9 Å². The Morgan fingerprint density at radius 3 is 2.55 bits per heavy atom. The van der Waals surface area contributed by atoms with Crippen molar-refractivity contribution < 1.29 is 35.9 Å². The fourth-order valence-electron chi connectivity index (χ4n) is 9.48. The summed E-state index contributed by atoms with van der Waals surface area (Å²) >= 11 is 7.13. The normalized spacial score (nSPS) is 21.0. The molecule has 3 atom stereocenters. The Morgan fingerprint density at radius 2 is 1.77 bits per heavy atom. The Balaban J connectivity index is 0.930. The predicted molar refractivity (Wildman–Crippen MR) is 229 cm³/mol. The number of β-amino-alcohol motifs (C(OH)–C–C–N with tert-alkyl or cyclic N) is 1. The lowest BCUT2D eigenvalue weighted by Gasteiger charge is -2.25. The number of benzene rings is 3. The van der Waals surface area contributed by atoms with Crippen LogP contribution in [-0.2, 0) is 34.0 Å². The number of aliphatic hydroxyl groups is 1. The highest BCUT2D eigenvalue weighted by Gasteiger charge is 2.45. The van der Waals surface area contributed by atoms with Crippen LogP contribution < -0.4 is 10.0 Å². The van der Waals surface area contributed by atoms with Gasteiger partial charge in [0.25, 0.3) is 0 Å². The minimum Gasteiger partial charge on any atom is -0.435 e. The number of carbonyl (C=O) groups is 1. The average molecular weight is 886 g/mol. The van der Waals surface area contributed by atoms with Gasteiger partial charge in [0, 0.05) is 61.3 Å². The van der Waals surface area contributed by atoms with Crippen LogP contribution in [0, 0.1) is 12.8 Å². The van der Waals surface area contributed by atoms with Crippen molar-refractivity contribution in [1.82, 2.24) is 29.5 Å². The van der Waals surface area contributed by atoms with E-state index in [2.05, 4.69) is 31.0 Å². The number of carbonyl (C=O) groups excluding carboxylic acids is 1. The molecule has 12 nitrogen and oxygen atoms in total. The molecule has 3 fully saturated rings. The Kier molecular flexibility index (Phi) is 10.3. The standard InChI is InChI=1S/C45H43ClF3N7O5S/c1-24-30(4-3-7-35(24)52-42-40-26(12-15-50-42)18-25(20-51-40)21-55-16-14-28(57)23-55)32-5-2-6-33(39(32)46)44-53-36-19-34-31(38(41(36)61-44)45(47,48)49)10-11-37(34)56-17-13-27(22-56)43(58)54-62(59,60)29-8-9-29/h2-7,12,15,18-20,27-29,37,57H,8-11,13-14,16-17,21-23H2,1H3,(H,50,52)(H,54,58)/t27-,28-,37-/m1/s1. The molecule has 4 aliphatic rings. The number of likely N-dealkylation sites (tertiary alicyclic amines) is 2. The summed E-state index contributed by atoms with van der Waals surface area (Å²) in [7, 11) is -3.71. The van der Waals surface area contributed by atoms with Crippen LogP contribution >= 0.6 is 11.6 Å². The van der Waals surface area contributed by atoms with E-state index >= 15 is 13.2 Å². The molecule has 2 aliphatic heterocycles. The largest absolute Gasteiger partial charge is 0.435 e. The van der Waals surface area contributed by atoms with Crippen LogP contribution in [0.5, 0.6) is 0 Å². The lowest BCUT2D eigenvalue weighted by molar-refractivity contribution is -0.137. The topological polar surface area (TPSA) is 154 Å². The molecular weight excluding hydrogens is 843 g/mol. The average Bonchev–Trinajstić information content (AvgIpc) is 3.48. The summed E-state index contributed by atoms with van der Waals surface area (Å²) in [5.41, 5.74) is 4.53. The van der Waals surface area contributed by atoms with Gasteiger partial charge in [-0.3, -0.25) is 24.3 Å². The van der Waals surface area contributed by atoms with Gasteiger partial charge >= 0.3 is 6.18 Å². The molecule has 6 aromatic rings. The number of aliphatic hydroxyl groups excluding tert-OH is 1. The number of sulfonamides is 1. The predicted octanol–water partition coefficient (Wildman–Crippen LogP) is 8.31. The maximum atomic E-state index is 15.0. The van der Waals surface area contributed by atoms with E-state index in [1.165, 1.54) is 0 Å². The zero-order valence-corrected chi connectivity index (χ0v) is 35.2. The van der Waals surface area contributed by atoms with E-state index in [1.54, 1.807) is 24.4 Å². The fourth-order valence-corrected chi connectivity index (χ4v) is 11.2. The maximum Gasteiger partial charge on any atom is 0.420 e. The Morgan fingerprint density at radius 1 is 0.984 bits per heavy atom. The molecule has 1 amide bonds. The first-order chi connectivity index (χ1) is 29.7. The van der Waals surface area contributed by atoms with E-state index < -0.39 is 44.9 Å². The molecule has 62 heavy (non-hydrogen) atoms. The molecule has 3 aromatic carbocycles. The lowest BCUT2D eigenvalue weighted by atomic mass is 9.97. The SMILES string of the molecule is Cc1c(Nc2nccc3cc(CN4CC[C@@H](O)C4)cnc23)cccc1-c1cccc(-c2nc3cc4c(c(C(F)(F)F)c3o2)CC[C@H]4N2CC[C@@H](C(=O)NS(=O)(=O)C3CC3)C2)c1Cl. The molecule has 3 aromatic heterocycles. The van der Waals surface area contributed by atoms with Crippen molar-refractivity contribution in [3.63, 3.8) is 0 Å². The number of hydrogen-bond donors (Lipinski definition) is 3. The van der Waals surface area contributed by atoms with Gasteiger partial charge in [0.15, 0.2) is 11.4 Å². The molecule has 0 bridgehead atoms. The Hall–Kier alpha value is -5.13. The highest BCUT2D eigenvalue weighted by Crippen LogP contribution is 2.49. The zero-order chi connectivity index (χ0) is 43.1. The van der Waals surface area contributed by atoms with Crippen LogP contribution in [0.25, 0.3) is 44.6 Å². The van der Waals surface area contributed by atoms with Gasteiger partial charge in [-0.2, -0.15) is 13.2 Å². The summed E-state index contributed by atoms with van der Waals surface area (Å²) in [5, 5.41) is 14.0. The van der Waals surface area contributed by atoms with Crippen molar-refractivity contribution in [2.45, 2.75) is 75.6 Å². The third kappa shape index (κ3) is 7.59. The van der Waals surface area contributed by atoms with Crippen molar-refractivity contribution in [1.29, 1.82) is 0 Å². The molecule has 17 heteroatoms. The van der Waals surface area contributed by atoms with Gasteiger partial charge in [0.05, 0.1) is 27.9 Å². The van der Waals surface area contributed by atoms with Gasteiger partial charge in [-0.25, -0.2) is 18.4 Å². The molecule has 1 saturated carbocycles. The second kappa shape index (κ2) is 15.6. The van der Waals surface area contributed by atoms with Gasteiger partial charge in [0.2, 0.25) is 21.8 Å². The van der Waals surface area contributed by atoms with E-state index in [9.17, 15) is 18.3 Å². The minimum atomic E-state index is -4.75. The number of nitrogens with zero attached hydrogens (tertiary/aromatic N) is 5. The van der Waals surface area contributed by atoms with Crippen LogP contribution in [-0.4, -0.2) is 81.7 Å². The van der Waals surface area contributed by atoms with Crippen molar-refractivity contribution >= 4 is 61.0 Å². The van der Waals surface area contributed by atoms with Crippen molar-refractivity contribution in [2.24, 2.45) is 5.92 Å². The second-order valence-corrected chi connectivity index (χ2v) is 19.3. The fraction of sp³-hybridized carbons (Fsp3) is 0.378. The molecule has 2 aliphatic carbocycles. The summed E-state index contributed by atoms with van der Waals surface area (Å²) in [5.74, 6) is -0.631. The highest BCUT2D eigenvalue weighted by molar-refractivity contribution is 7.90. The smallest absolute Gasteiger partial charge is 0.420 e. The minimum absolute atomic E-state index is 0.0454. The molecule has 322 valence electrons. The first-order valence-electron chi connectivity index (χ1n) is 20.8. The first-order valence-corrected chi connectivity index (χ1v) is 22.8. The van der Waals surface area contributed by atoms with E-state index in [0.29, 0.717) is 73.3 Å². The summed E-state index contributed by atoms with van der Waals surface area (Å²) in [6, 6.07) is 16.2.